The highest BCUT2D eigenvalue weighted by Gasteiger charge is 2.51. The Morgan fingerprint density at radius 1 is 0.850 bits per heavy atom. The molecule has 2 aromatic rings. The van der Waals surface area contributed by atoms with Crippen LogP contribution in [-0.4, -0.2) is 66.0 Å². The molecule has 1 fully saturated rings. The van der Waals surface area contributed by atoms with E-state index in [1.54, 1.807) is 54.6 Å². The molecular formula is C29H30O11. The molecule has 1 aliphatic rings. The van der Waals surface area contributed by atoms with Gasteiger partial charge in [0.1, 0.15) is 24.6 Å². The number of carboxylic acid groups (broad SMARTS) is 1. The van der Waals surface area contributed by atoms with Crippen LogP contribution in [0.2, 0.25) is 0 Å². The summed E-state index contributed by atoms with van der Waals surface area (Å²) in [6, 6.07) is 15.3. The minimum absolute atomic E-state index is 0.161. The summed E-state index contributed by atoms with van der Waals surface area (Å²) in [5.74, 6) is -4.31. The highest BCUT2D eigenvalue weighted by atomic mass is 16.7. The van der Waals surface area contributed by atoms with Crippen molar-refractivity contribution in [3.63, 3.8) is 0 Å². The molecule has 0 radical (unpaired) electrons. The van der Waals surface area contributed by atoms with Crippen LogP contribution < -0.4 is 4.74 Å². The highest BCUT2D eigenvalue weighted by molar-refractivity contribution is 6.06. The number of carbonyl (C=O) groups excluding carboxylic acids is 4. The van der Waals surface area contributed by atoms with Gasteiger partial charge in [-0.3, -0.25) is 24.0 Å². The number of carbonyl (C=O) groups is 5. The van der Waals surface area contributed by atoms with Crippen LogP contribution in [0, 0.1) is 5.92 Å². The van der Waals surface area contributed by atoms with Crippen LogP contribution in [0.25, 0.3) is 6.08 Å². The molecule has 5 atom stereocenters. The maximum absolute atomic E-state index is 12.3. The second kappa shape index (κ2) is 14.0. The first kappa shape index (κ1) is 30.0. The number of allylic oxidation sites excluding steroid dienone is 1. The Balaban J connectivity index is 1.85. The molecule has 0 bridgehead atoms. The lowest BCUT2D eigenvalue weighted by Crippen LogP contribution is -2.60. The smallest absolute Gasteiger partial charge is 0.303 e. The van der Waals surface area contributed by atoms with Crippen LogP contribution >= 0.6 is 0 Å². The molecule has 212 valence electrons. The van der Waals surface area contributed by atoms with Gasteiger partial charge in [0.15, 0.2) is 11.9 Å². The summed E-state index contributed by atoms with van der Waals surface area (Å²) in [5, 5.41) is 9.56. The number of hydrogen-bond donors (Lipinski definition) is 1. The second-order valence-corrected chi connectivity index (χ2v) is 9.01. The molecule has 3 rings (SSSR count). The Morgan fingerprint density at radius 2 is 1.48 bits per heavy atom. The van der Waals surface area contributed by atoms with Gasteiger partial charge in [-0.25, -0.2) is 0 Å². The number of carboxylic acids is 1. The van der Waals surface area contributed by atoms with Crippen LogP contribution in [0.1, 0.15) is 43.1 Å². The summed E-state index contributed by atoms with van der Waals surface area (Å²) in [6.45, 7) is 3.08. The summed E-state index contributed by atoms with van der Waals surface area (Å²) >= 11 is 0. The van der Waals surface area contributed by atoms with Gasteiger partial charge in [-0.05, 0) is 23.8 Å². The molecule has 0 spiro atoms. The third-order valence-corrected chi connectivity index (χ3v) is 5.87. The average Bonchev–Trinajstić information content (AvgIpc) is 2.90. The molecule has 11 nitrogen and oxygen atoms in total. The average molecular weight is 555 g/mol. The maximum Gasteiger partial charge on any atom is 0.303 e. The zero-order valence-electron chi connectivity index (χ0n) is 22.2. The van der Waals surface area contributed by atoms with Gasteiger partial charge in [0, 0.05) is 26.3 Å². The topological polar surface area (TPSA) is 152 Å². The summed E-state index contributed by atoms with van der Waals surface area (Å²) in [7, 11) is 0. The number of benzene rings is 2. The van der Waals surface area contributed by atoms with Gasteiger partial charge in [-0.1, -0.05) is 48.5 Å². The van der Waals surface area contributed by atoms with Crippen molar-refractivity contribution in [2.75, 3.05) is 6.61 Å². The van der Waals surface area contributed by atoms with Gasteiger partial charge >= 0.3 is 23.9 Å². The Hall–Kier alpha value is -4.51. The Kier molecular flexibility index (Phi) is 10.5. The van der Waals surface area contributed by atoms with Crippen molar-refractivity contribution in [2.45, 2.75) is 51.8 Å². The molecule has 0 amide bonds. The Morgan fingerprint density at radius 3 is 2.05 bits per heavy atom. The van der Waals surface area contributed by atoms with E-state index in [0.29, 0.717) is 11.1 Å². The molecule has 2 aromatic carbocycles. The van der Waals surface area contributed by atoms with E-state index in [2.05, 4.69) is 0 Å². The van der Waals surface area contributed by atoms with Crippen molar-refractivity contribution in [3.05, 3.63) is 71.8 Å². The number of ether oxygens (including phenoxy) is 5. The van der Waals surface area contributed by atoms with Crippen LogP contribution in [0.4, 0.5) is 0 Å². The fourth-order valence-corrected chi connectivity index (χ4v) is 4.21. The number of esters is 3. The zero-order chi connectivity index (χ0) is 29.2. The Bertz CT molecular complexity index is 1240. The van der Waals surface area contributed by atoms with Crippen molar-refractivity contribution in [2.24, 2.45) is 5.92 Å². The first-order chi connectivity index (χ1) is 19.0. The molecule has 1 heterocycles. The molecule has 0 saturated carbocycles. The number of ketones is 1. The van der Waals surface area contributed by atoms with Gasteiger partial charge in [0.05, 0.1) is 12.3 Å². The zero-order valence-corrected chi connectivity index (χ0v) is 22.2. The van der Waals surface area contributed by atoms with E-state index in [-0.39, 0.29) is 18.1 Å². The molecule has 0 aliphatic carbocycles. The van der Waals surface area contributed by atoms with E-state index in [1.165, 1.54) is 13.0 Å². The van der Waals surface area contributed by atoms with Crippen LogP contribution in [0.15, 0.2) is 60.7 Å². The lowest BCUT2D eigenvalue weighted by molar-refractivity contribution is -0.274. The predicted molar refractivity (Wildman–Crippen MR) is 139 cm³/mol. The van der Waals surface area contributed by atoms with Gasteiger partial charge in [0.2, 0.25) is 6.29 Å². The lowest BCUT2D eigenvalue weighted by atomic mass is 9.86. The van der Waals surface area contributed by atoms with E-state index >= 15 is 0 Å². The summed E-state index contributed by atoms with van der Waals surface area (Å²) in [5.41, 5.74) is 1.25. The van der Waals surface area contributed by atoms with Crippen LogP contribution in [-0.2, 0) is 38.1 Å². The highest BCUT2D eigenvalue weighted by Crippen LogP contribution is 2.35. The molecule has 1 saturated heterocycles. The standard InChI is InChI=1S/C29H30O11/c1-17(30)36-16-25-27(37-18(2)31)23(15-26(34)35)28(38-19(3)32)29(40-25)39-22-12-9-20(10-13-22)11-14-24(33)21-7-5-4-6-8-21/h4-14,23,25,27-29H,15-16H2,1-3H3,(H,34,35)/b14-11+/t23-,25+,27+,28-,29+/m1/s1. The molecule has 0 unspecified atom stereocenters. The number of aliphatic carboxylic acids is 1. The first-order valence-corrected chi connectivity index (χ1v) is 12.4. The molecule has 0 aromatic heterocycles. The van der Waals surface area contributed by atoms with Crippen molar-refractivity contribution in [1.29, 1.82) is 0 Å². The molecule has 40 heavy (non-hydrogen) atoms. The summed E-state index contributed by atoms with van der Waals surface area (Å²) in [6.07, 6.45) is -2.42. The van der Waals surface area contributed by atoms with Crippen LogP contribution in [0.5, 0.6) is 5.75 Å². The Labute approximate surface area is 230 Å². The number of rotatable bonds is 11. The SMILES string of the molecule is CC(=O)OC[C@@H]1O[C@H](Oc2ccc(/C=C/C(=O)c3ccccc3)cc2)[C@H](OC(C)=O)[C@H](CC(=O)O)[C@@H]1OC(C)=O. The fraction of sp³-hybridized carbons (Fsp3) is 0.345. The monoisotopic (exact) mass is 554 g/mol. The molecule has 1 N–H and O–H groups in total. The van der Waals surface area contributed by atoms with Gasteiger partial charge in [-0.15, -0.1) is 0 Å². The van der Waals surface area contributed by atoms with Crippen molar-refractivity contribution >= 4 is 35.7 Å². The van der Waals surface area contributed by atoms with Crippen molar-refractivity contribution in [3.8, 4) is 5.75 Å². The normalized spacial score (nSPS) is 22.2. The molecule has 11 heteroatoms. The van der Waals surface area contributed by atoms with E-state index in [1.807, 2.05) is 6.07 Å². The van der Waals surface area contributed by atoms with E-state index in [0.717, 1.165) is 13.8 Å². The van der Waals surface area contributed by atoms with Gasteiger partial charge in [0.25, 0.3) is 0 Å². The molecule has 1 aliphatic heterocycles. The summed E-state index contributed by atoms with van der Waals surface area (Å²) in [4.78, 5) is 59.3. The fourth-order valence-electron chi connectivity index (χ4n) is 4.21. The maximum atomic E-state index is 12.3. The third kappa shape index (κ3) is 8.77. The van der Waals surface area contributed by atoms with E-state index in [4.69, 9.17) is 23.7 Å². The summed E-state index contributed by atoms with van der Waals surface area (Å²) < 4.78 is 27.7. The van der Waals surface area contributed by atoms with Gasteiger partial charge < -0.3 is 28.8 Å². The lowest BCUT2D eigenvalue weighted by Gasteiger charge is -2.44. The van der Waals surface area contributed by atoms with E-state index < -0.39 is 60.8 Å². The van der Waals surface area contributed by atoms with Crippen LogP contribution in [0.3, 0.4) is 0 Å². The van der Waals surface area contributed by atoms with E-state index in [9.17, 15) is 29.1 Å². The molecular weight excluding hydrogens is 524 g/mol. The quantitative estimate of drug-likeness (QED) is 0.189. The number of hydrogen-bond acceptors (Lipinski definition) is 10. The second-order valence-electron chi connectivity index (χ2n) is 9.01. The minimum atomic E-state index is -1.33. The van der Waals surface area contributed by atoms with Crippen molar-refractivity contribution in [1.82, 2.24) is 0 Å². The predicted octanol–water partition coefficient (Wildman–Crippen LogP) is 3.20. The van der Waals surface area contributed by atoms with Gasteiger partial charge in [-0.2, -0.15) is 0 Å². The largest absolute Gasteiger partial charge is 0.481 e. The minimum Gasteiger partial charge on any atom is -0.481 e. The third-order valence-electron chi connectivity index (χ3n) is 5.87. The van der Waals surface area contributed by atoms with Crippen molar-refractivity contribution < 1.29 is 52.8 Å². The first-order valence-electron chi connectivity index (χ1n) is 12.4.